The normalized spacial score (nSPS) is 12.1. The second kappa shape index (κ2) is 13.0. The molecule has 0 saturated carbocycles. The van der Waals surface area contributed by atoms with Crippen LogP contribution in [0.4, 0.5) is 5.69 Å². The van der Waals surface area contributed by atoms with E-state index in [1.54, 1.807) is 56.3 Å². The van der Waals surface area contributed by atoms with Crippen molar-refractivity contribution in [3.63, 3.8) is 0 Å². The zero-order valence-corrected chi connectivity index (χ0v) is 22.6. The summed E-state index contributed by atoms with van der Waals surface area (Å²) < 4.78 is 31.5. The molecule has 0 aromatic heterocycles. The van der Waals surface area contributed by atoms with E-state index in [1.165, 1.54) is 16.3 Å². The molecule has 0 saturated heterocycles. The number of halogens is 2. The molecule has 2 aromatic carbocycles. The number of hydrogen-bond acceptors (Lipinski definition) is 5. The highest BCUT2D eigenvalue weighted by Crippen LogP contribution is 2.30. The Kier molecular flexibility index (Phi) is 10.7. The molecule has 0 radical (unpaired) electrons. The van der Waals surface area contributed by atoms with Crippen molar-refractivity contribution in [3.05, 3.63) is 58.1 Å². The van der Waals surface area contributed by atoms with Gasteiger partial charge in [-0.1, -0.05) is 41.4 Å². The number of carbonyl (C=O) groups excluding carboxylic acids is 2. The van der Waals surface area contributed by atoms with Gasteiger partial charge in [0.25, 0.3) is 0 Å². The van der Waals surface area contributed by atoms with Gasteiger partial charge in [0.15, 0.2) is 0 Å². The standard InChI is InChI=1S/C24H31Cl2N3O5S/c1-5-27-24(31)17(2)28(16-18-19(25)10-8-11-20(18)26)23(30)14-9-15-29(35(4,32)33)21-12-6-7-13-22(21)34-3/h6-8,10-13,17H,5,9,14-16H2,1-4H3,(H,27,31)/t17-/m0/s1. The Morgan fingerprint density at radius 2 is 1.71 bits per heavy atom. The molecule has 0 aliphatic carbocycles. The lowest BCUT2D eigenvalue weighted by atomic mass is 10.1. The van der Waals surface area contributed by atoms with Crippen molar-refractivity contribution in [2.45, 2.75) is 39.3 Å². The number of methoxy groups -OCH3 is 1. The Bertz CT molecular complexity index is 1120. The molecule has 1 atom stereocenters. The highest BCUT2D eigenvalue weighted by molar-refractivity contribution is 7.92. The van der Waals surface area contributed by atoms with Crippen LogP contribution < -0.4 is 14.4 Å². The number of likely N-dealkylation sites (N-methyl/N-ethyl adjacent to an activating group) is 1. The predicted octanol–water partition coefficient (Wildman–Crippen LogP) is 4.10. The van der Waals surface area contributed by atoms with Crippen molar-refractivity contribution in [1.82, 2.24) is 10.2 Å². The third-order valence-electron chi connectivity index (χ3n) is 5.41. The molecule has 2 amide bonds. The van der Waals surface area contributed by atoms with Gasteiger partial charge in [-0.3, -0.25) is 13.9 Å². The van der Waals surface area contributed by atoms with E-state index in [2.05, 4.69) is 5.32 Å². The summed E-state index contributed by atoms with van der Waals surface area (Å²) in [6.07, 6.45) is 1.33. The van der Waals surface area contributed by atoms with Gasteiger partial charge in [-0.05, 0) is 44.5 Å². The van der Waals surface area contributed by atoms with Crippen LogP contribution >= 0.6 is 23.2 Å². The molecular formula is C24H31Cl2N3O5S. The van der Waals surface area contributed by atoms with E-state index in [-0.39, 0.29) is 37.7 Å². The van der Waals surface area contributed by atoms with Crippen molar-refractivity contribution in [2.75, 3.05) is 30.8 Å². The minimum absolute atomic E-state index is 0.00693. The number of nitrogens with zero attached hydrogens (tertiary/aromatic N) is 2. The zero-order chi connectivity index (χ0) is 26.2. The Labute approximate surface area is 217 Å². The van der Waals surface area contributed by atoms with E-state index >= 15 is 0 Å². The van der Waals surface area contributed by atoms with Crippen LogP contribution in [-0.2, 0) is 26.2 Å². The summed E-state index contributed by atoms with van der Waals surface area (Å²) in [7, 11) is -2.17. The molecule has 0 aliphatic heterocycles. The first kappa shape index (κ1) is 28.7. The number of sulfonamides is 1. The Morgan fingerprint density at radius 3 is 2.29 bits per heavy atom. The second-order valence-electron chi connectivity index (χ2n) is 7.90. The summed E-state index contributed by atoms with van der Waals surface area (Å²) in [6.45, 7) is 3.93. The van der Waals surface area contributed by atoms with Crippen LogP contribution in [0.15, 0.2) is 42.5 Å². The van der Waals surface area contributed by atoms with Gasteiger partial charge < -0.3 is 15.0 Å². The summed E-state index contributed by atoms with van der Waals surface area (Å²) in [5.41, 5.74) is 0.924. The van der Waals surface area contributed by atoms with Crippen LogP contribution in [0.1, 0.15) is 32.3 Å². The minimum atomic E-state index is -3.64. The van der Waals surface area contributed by atoms with E-state index in [4.69, 9.17) is 27.9 Å². The second-order valence-corrected chi connectivity index (χ2v) is 10.6. The fourth-order valence-electron chi connectivity index (χ4n) is 3.58. The number of benzene rings is 2. The van der Waals surface area contributed by atoms with Gasteiger partial charge in [0.2, 0.25) is 21.8 Å². The summed E-state index contributed by atoms with van der Waals surface area (Å²) in [4.78, 5) is 27.2. The molecular weight excluding hydrogens is 513 g/mol. The van der Waals surface area contributed by atoms with Crippen LogP contribution in [0.25, 0.3) is 0 Å². The fraction of sp³-hybridized carbons (Fsp3) is 0.417. The van der Waals surface area contributed by atoms with Gasteiger partial charge in [-0.2, -0.15) is 0 Å². The summed E-state index contributed by atoms with van der Waals surface area (Å²) >= 11 is 12.6. The zero-order valence-electron chi connectivity index (χ0n) is 20.3. The van der Waals surface area contributed by atoms with Crippen molar-refractivity contribution in [3.8, 4) is 5.75 Å². The fourth-order valence-corrected chi connectivity index (χ4v) is 5.06. The van der Waals surface area contributed by atoms with Gasteiger partial charge >= 0.3 is 0 Å². The van der Waals surface area contributed by atoms with Gasteiger partial charge in [0.1, 0.15) is 11.8 Å². The van der Waals surface area contributed by atoms with E-state index < -0.39 is 16.1 Å². The van der Waals surface area contributed by atoms with E-state index in [0.717, 1.165) is 6.26 Å². The molecule has 0 aliphatic rings. The maximum atomic E-state index is 13.3. The number of carbonyl (C=O) groups is 2. The highest BCUT2D eigenvalue weighted by atomic mass is 35.5. The third kappa shape index (κ3) is 7.75. The van der Waals surface area contributed by atoms with E-state index in [9.17, 15) is 18.0 Å². The molecule has 2 aromatic rings. The van der Waals surface area contributed by atoms with Gasteiger partial charge in [-0.15, -0.1) is 0 Å². The smallest absolute Gasteiger partial charge is 0.242 e. The van der Waals surface area contributed by atoms with Crippen molar-refractivity contribution < 1.29 is 22.7 Å². The summed E-state index contributed by atoms with van der Waals surface area (Å²) in [5.74, 6) is -0.229. The van der Waals surface area contributed by atoms with Gasteiger partial charge in [0, 0.05) is 41.7 Å². The number of nitrogens with one attached hydrogen (secondary N) is 1. The molecule has 8 nitrogen and oxygen atoms in total. The number of ether oxygens (including phenoxy) is 1. The molecule has 35 heavy (non-hydrogen) atoms. The Balaban J connectivity index is 2.24. The quantitative estimate of drug-likeness (QED) is 0.434. The molecule has 2 rings (SSSR count). The Morgan fingerprint density at radius 1 is 1.09 bits per heavy atom. The molecule has 11 heteroatoms. The SMILES string of the molecule is CCNC(=O)[C@H](C)N(Cc1c(Cl)cccc1Cl)C(=O)CCCN(c1ccccc1OC)S(C)(=O)=O. The largest absolute Gasteiger partial charge is 0.495 e. The first-order chi connectivity index (χ1) is 16.5. The minimum Gasteiger partial charge on any atom is -0.495 e. The lowest BCUT2D eigenvalue weighted by Gasteiger charge is -2.30. The van der Waals surface area contributed by atoms with Gasteiger partial charge in [0.05, 0.1) is 19.1 Å². The third-order valence-corrected chi connectivity index (χ3v) is 7.30. The van der Waals surface area contributed by atoms with E-state index in [0.29, 0.717) is 33.6 Å². The average Bonchev–Trinajstić information content (AvgIpc) is 2.80. The lowest BCUT2D eigenvalue weighted by molar-refractivity contribution is -0.140. The Hall–Kier alpha value is -2.49. The van der Waals surface area contributed by atoms with Crippen molar-refractivity contribution in [2.24, 2.45) is 0 Å². The highest BCUT2D eigenvalue weighted by Gasteiger charge is 2.28. The van der Waals surface area contributed by atoms with Crippen molar-refractivity contribution >= 4 is 50.7 Å². The molecule has 1 N–H and O–H groups in total. The number of rotatable bonds is 12. The molecule has 0 bridgehead atoms. The number of anilines is 1. The van der Waals surface area contributed by atoms with Crippen LogP contribution in [0.2, 0.25) is 10.0 Å². The monoisotopic (exact) mass is 543 g/mol. The van der Waals surface area contributed by atoms with Crippen LogP contribution in [-0.4, -0.2) is 57.6 Å². The van der Waals surface area contributed by atoms with Crippen molar-refractivity contribution in [1.29, 1.82) is 0 Å². The van der Waals surface area contributed by atoms with E-state index in [1.807, 2.05) is 0 Å². The molecule has 0 spiro atoms. The molecule has 0 unspecified atom stereocenters. The average molecular weight is 545 g/mol. The van der Waals surface area contributed by atoms with Crippen LogP contribution in [0.5, 0.6) is 5.75 Å². The molecule has 0 fully saturated rings. The lowest BCUT2D eigenvalue weighted by Crippen LogP contribution is -2.47. The number of amides is 2. The summed E-state index contributed by atoms with van der Waals surface area (Å²) in [6, 6.07) is 11.0. The maximum Gasteiger partial charge on any atom is 0.242 e. The summed E-state index contributed by atoms with van der Waals surface area (Å²) in [5, 5.41) is 3.50. The topological polar surface area (TPSA) is 96.0 Å². The first-order valence-electron chi connectivity index (χ1n) is 11.1. The molecule has 192 valence electrons. The first-order valence-corrected chi connectivity index (χ1v) is 13.7. The maximum absolute atomic E-state index is 13.3. The molecule has 0 heterocycles. The number of hydrogen-bond donors (Lipinski definition) is 1. The number of para-hydroxylation sites is 2. The predicted molar refractivity (Wildman–Crippen MR) is 140 cm³/mol. The van der Waals surface area contributed by atoms with Crippen LogP contribution in [0.3, 0.4) is 0 Å². The van der Waals surface area contributed by atoms with Crippen LogP contribution in [0, 0.1) is 0 Å². The van der Waals surface area contributed by atoms with Gasteiger partial charge in [-0.25, -0.2) is 8.42 Å².